The third kappa shape index (κ3) is 6.66. The molecule has 1 aliphatic rings. The summed E-state index contributed by atoms with van der Waals surface area (Å²) in [5.41, 5.74) is 6.66. The standard InChI is InChI=1S/C16H23BrN4O.HI/c1-12-3-2-10-21(11-12)16(18)20-9-8-19-15(22)13-4-6-14(17)7-5-13;/h4-7,12H,2-3,8-11H2,1H3,(H2,18,20)(H,19,22);1H. The molecule has 1 unspecified atom stereocenters. The van der Waals surface area contributed by atoms with Crippen LogP contribution in [0.2, 0.25) is 0 Å². The molecule has 1 aliphatic heterocycles. The molecule has 0 spiro atoms. The summed E-state index contributed by atoms with van der Waals surface area (Å²) in [6.07, 6.45) is 2.42. The van der Waals surface area contributed by atoms with Gasteiger partial charge in [-0.05, 0) is 43.0 Å². The van der Waals surface area contributed by atoms with Crippen LogP contribution < -0.4 is 11.1 Å². The largest absolute Gasteiger partial charge is 0.370 e. The number of piperidine rings is 1. The Morgan fingerprint density at radius 3 is 2.78 bits per heavy atom. The van der Waals surface area contributed by atoms with E-state index in [2.05, 4.69) is 38.1 Å². The van der Waals surface area contributed by atoms with Crippen molar-refractivity contribution in [3.8, 4) is 0 Å². The Kier molecular flexibility index (Phi) is 8.90. The topological polar surface area (TPSA) is 70.7 Å². The second kappa shape index (κ2) is 10.1. The van der Waals surface area contributed by atoms with Crippen LogP contribution in [0.15, 0.2) is 33.7 Å². The molecular formula is C16H24BrIN4O. The third-order valence-corrected chi connectivity index (χ3v) is 4.29. The number of aliphatic imine (C=N–C) groups is 1. The lowest BCUT2D eigenvalue weighted by Crippen LogP contribution is -2.43. The maximum absolute atomic E-state index is 11.9. The quantitative estimate of drug-likeness (QED) is 0.292. The van der Waals surface area contributed by atoms with Crippen LogP contribution in [0.5, 0.6) is 0 Å². The minimum Gasteiger partial charge on any atom is -0.370 e. The summed E-state index contributed by atoms with van der Waals surface area (Å²) in [7, 11) is 0. The molecule has 7 heteroatoms. The van der Waals surface area contributed by atoms with Gasteiger partial charge < -0.3 is 16.0 Å². The number of nitrogens with two attached hydrogens (primary N) is 1. The van der Waals surface area contributed by atoms with Gasteiger partial charge >= 0.3 is 0 Å². The van der Waals surface area contributed by atoms with E-state index in [0.29, 0.717) is 30.5 Å². The highest BCUT2D eigenvalue weighted by molar-refractivity contribution is 14.0. The Balaban J connectivity index is 0.00000264. The number of benzene rings is 1. The van der Waals surface area contributed by atoms with Gasteiger partial charge in [-0.3, -0.25) is 9.79 Å². The summed E-state index contributed by atoms with van der Waals surface area (Å²) in [5.74, 6) is 1.16. The van der Waals surface area contributed by atoms with Gasteiger partial charge in [-0.1, -0.05) is 22.9 Å². The van der Waals surface area contributed by atoms with Crippen molar-refractivity contribution in [3.05, 3.63) is 34.3 Å². The van der Waals surface area contributed by atoms with Crippen molar-refractivity contribution in [3.63, 3.8) is 0 Å². The smallest absolute Gasteiger partial charge is 0.251 e. The zero-order valence-corrected chi connectivity index (χ0v) is 17.2. The number of carbonyl (C=O) groups excluding carboxylic acids is 1. The fourth-order valence-electron chi connectivity index (χ4n) is 2.54. The number of amides is 1. The van der Waals surface area contributed by atoms with Crippen molar-refractivity contribution in [1.82, 2.24) is 10.2 Å². The van der Waals surface area contributed by atoms with E-state index in [0.717, 1.165) is 24.0 Å². The van der Waals surface area contributed by atoms with Gasteiger partial charge in [-0.25, -0.2) is 0 Å². The van der Waals surface area contributed by atoms with Crippen molar-refractivity contribution in [2.45, 2.75) is 19.8 Å². The van der Waals surface area contributed by atoms with Gasteiger partial charge in [0.15, 0.2) is 5.96 Å². The number of guanidine groups is 1. The molecule has 0 bridgehead atoms. The minimum atomic E-state index is -0.0899. The van der Waals surface area contributed by atoms with Gasteiger partial charge in [-0.15, -0.1) is 24.0 Å². The summed E-state index contributed by atoms with van der Waals surface area (Å²) in [6, 6.07) is 7.27. The molecule has 0 saturated carbocycles. The van der Waals surface area contributed by atoms with E-state index >= 15 is 0 Å². The summed E-state index contributed by atoms with van der Waals surface area (Å²) >= 11 is 3.35. The number of likely N-dealkylation sites (tertiary alicyclic amines) is 1. The summed E-state index contributed by atoms with van der Waals surface area (Å²) in [6.45, 7) is 5.17. The van der Waals surface area contributed by atoms with Crippen LogP contribution in [0, 0.1) is 5.92 Å². The highest BCUT2D eigenvalue weighted by Gasteiger charge is 2.17. The van der Waals surface area contributed by atoms with E-state index in [4.69, 9.17) is 5.73 Å². The average molecular weight is 495 g/mol. The average Bonchev–Trinajstić information content (AvgIpc) is 2.51. The maximum Gasteiger partial charge on any atom is 0.251 e. The van der Waals surface area contributed by atoms with Gasteiger partial charge in [0.05, 0.1) is 6.54 Å². The van der Waals surface area contributed by atoms with Crippen molar-refractivity contribution < 1.29 is 4.79 Å². The first kappa shape index (κ1) is 20.2. The number of halogens is 2. The van der Waals surface area contributed by atoms with Gasteiger partial charge in [0, 0.05) is 29.7 Å². The second-order valence-electron chi connectivity index (χ2n) is 5.70. The van der Waals surface area contributed by atoms with Crippen LogP contribution in [0.3, 0.4) is 0 Å². The number of carbonyl (C=O) groups is 1. The first-order valence-electron chi connectivity index (χ1n) is 7.65. The molecular weight excluding hydrogens is 471 g/mol. The molecule has 128 valence electrons. The molecule has 1 atom stereocenters. The number of rotatable bonds is 4. The SMILES string of the molecule is CC1CCCN(C(N)=NCCNC(=O)c2ccc(Br)cc2)C1.I. The molecule has 1 heterocycles. The van der Waals surface area contributed by atoms with Crippen molar-refractivity contribution in [2.75, 3.05) is 26.2 Å². The Morgan fingerprint density at radius 2 is 2.13 bits per heavy atom. The molecule has 1 saturated heterocycles. The summed E-state index contributed by atoms with van der Waals surface area (Å²) in [5, 5.41) is 2.85. The Hall–Kier alpha value is -0.830. The molecule has 1 amide bonds. The zero-order valence-electron chi connectivity index (χ0n) is 13.3. The first-order valence-corrected chi connectivity index (χ1v) is 8.44. The molecule has 0 radical (unpaired) electrons. The number of nitrogens with one attached hydrogen (secondary N) is 1. The second-order valence-corrected chi connectivity index (χ2v) is 6.61. The molecule has 2 rings (SSSR count). The number of nitrogens with zero attached hydrogens (tertiary/aromatic N) is 2. The molecule has 3 N–H and O–H groups in total. The lowest BCUT2D eigenvalue weighted by Gasteiger charge is -2.31. The van der Waals surface area contributed by atoms with Crippen molar-refractivity contribution in [1.29, 1.82) is 0 Å². The fraction of sp³-hybridized carbons (Fsp3) is 0.500. The van der Waals surface area contributed by atoms with Crippen LogP contribution in [0.1, 0.15) is 30.1 Å². The molecule has 0 aliphatic carbocycles. The zero-order chi connectivity index (χ0) is 15.9. The maximum atomic E-state index is 11.9. The van der Waals surface area contributed by atoms with E-state index in [9.17, 15) is 4.79 Å². The fourth-order valence-corrected chi connectivity index (χ4v) is 2.81. The predicted octanol–water partition coefficient (Wildman–Crippen LogP) is 2.84. The van der Waals surface area contributed by atoms with E-state index in [1.54, 1.807) is 12.1 Å². The molecule has 1 aromatic carbocycles. The normalized spacial score (nSPS) is 18.3. The van der Waals surface area contributed by atoms with E-state index in [1.807, 2.05) is 12.1 Å². The lowest BCUT2D eigenvalue weighted by molar-refractivity contribution is 0.0955. The van der Waals surface area contributed by atoms with Gasteiger partial charge in [0.1, 0.15) is 0 Å². The van der Waals surface area contributed by atoms with Crippen molar-refractivity contribution >= 4 is 51.8 Å². The summed E-state index contributed by atoms with van der Waals surface area (Å²) < 4.78 is 0.956. The molecule has 1 fully saturated rings. The van der Waals surface area contributed by atoms with E-state index in [1.165, 1.54) is 6.42 Å². The third-order valence-electron chi connectivity index (χ3n) is 3.76. The molecule has 1 aromatic rings. The van der Waals surface area contributed by atoms with Crippen LogP contribution in [-0.2, 0) is 0 Å². The van der Waals surface area contributed by atoms with E-state index in [-0.39, 0.29) is 29.9 Å². The molecule has 23 heavy (non-hydrogen) atoms. The Morgan fingerprint density at radius 1 is 1.43 bits per heavy atom. The number of hydrogen-bond acceptors (Lipinski definition) is 2. The molecule has 0 aromatic heterocycles. The minimum absolute atomic E-state index is 0. The lowest BCUT2D eigenvalue weighted by atomic mass is 10.0. The highest BCUT2D eigenvalue weighted by Crippen LogP contribution is 2.14. The van der Waals surface area contributed by atoms with E-state index < -0.39 is 0 Å². The van der Waals surface area contributed by atoms with Crippen molar-refractivity contribution in [2.24, 2.45) is 16.6 Å². The van der Waals surface area contributed by atoms with Crippen LogP contribution in [0.4, 0.5) is 0 Å². The Labute approximate surface area is 163 Å². The van der Waals surface area contributed by atoms with Gasteiger partial charge in [0.25, 0.3) is 5.91 Å². The highest BCUT2D eigenvalue weighted by atomic mass is 127. The molecule has 5 nitrogen and oxygen atoms in total. The van der Waals surface area contributed by atoms with Crippen LogP contribution in [-0.4, -0.2) is 42.9 Å². The van der Waals surface area contributed by atoms with Crippen LogP contribution >= 0.6 is 39.9 Å². The summed E-state index contributed by atoms with van der Waals surface area (Å²) in [4.78, 5) is 18.4. The van der Waals surface area contributed by atoms with Crippen LogP contribution in [0.25, 0.3) is 0 Å². The number of hydrogen-bond donors (Lipinski definition) is 2. The predicted molar refractivity (Wildman–Crippen MR) is 108 cm³/mol. The van der Waals surface area contributed by atoms with Gasteiger partial charge in [0.2, 0.25) is 0 Å². The first-order chi connectivity index (χ1) is 10.6. The monoisotopic (exact) mass is 494 g/mol. The Bertz CT molecular complexity index is 535. The van der Waals surface area contributed by atoms with Gasteiger partial charge in [-0.2, -0.15) is 0 Å².